The summed E-state index contributed by atoms with van der Waals surface area (Å²) in [6, 6.07) is 0. The second kappa shape index (κ2) is 71.7. The molecule has 588 valence electrons. The number of unbranched alkanes of at least 4 members (excludes halogenated alkanes) is 48. The molecule has 0 heterocycles. The molecule has 3 unspecified atom stereocenters. The van der Waals surface area contributed by atoms with Gasteiger partial charge in [0.1, 0.15) is 19.3 Å². The van der Waals surface area contributed by atoms with Gasteiger partial charge in [-0.1, -0.05) is 369 Å². The Bertz CT molecular complexity index is 1910. The van der Waals surface area contributed by atoms with E-state index in [9.17, 15) is 43.2 Å². The highest BCUT2D eigenvalue weighted by atomic mass is 31.2. The van der Waals surface area contributed by atoms with Gasteiger partial charge in [0.25, 0.3) is 0 Å². The summed E-state index contributed by atoms with van der Waals surface area (Å²) in [6.45, 7) is 9.61. The zero-order valence-electron chi connectivity index (χ0n) is 64.8. The fourth-order valence-corrected chi connectivity index (χ4v) is 13.9. The van der Waals surface area contributed by atoms with Crippen molar-refractivity contribution in [1.82, 2.24) is 0 Å². The first kappa shape index (κ1) is 97.1. The van der Waals surface area contributed by atoms with Gasteiger partial charge in [0.2, 0.25) is 0 Å². The minimum Gasteiger partial charge on any atom is -0.462 e. The van der Waals surface area contributed by atoms with Crippen LogP contribution in [0, 0.1) is 11.8 Å². The van der Waals surface area contributed by atoms with Gasteiger partial charge in [-0.15, -0.1) is 0 Å². The highest BCUT2D eigenvalue weighted by molar-refractivity contribution is 7.47. The topological polar surface area (TPSA) is 237 Å². The summed E-state index contributed by atoms with van der Waals surface area (Å²) in [5.41, 5.74) is 0. The standard InChI is InChI=1S/C80H156O17P2/c1-7-10-12-14-16-18-20-22-23-29-32-36-39-43-50-56-62-77(82)90-68-75(96-80(85)65-59-53-45-41-37-33-30-27-25-24-26-28-31-34-38-42-49-55-61-73(6)9-3)70-94-98(86,87)92-66-74(81)67-93-99(88,89)95-71-76(69-91-78(83)63-57-51-47-46-48-54-60-72(4)5)97-79(84)64-58-52-44-40-35-21-19-17-15-13-11-8-2/h72-76,81H,7-71H2,1-6H3,(H,86,87)(H,88,89)/t73?,74-,75-,76-/m1/s1. The molecule has 99 heavy (non-hydrogen) atoms. The van der Waals surface area contributed by atoms with Crippen molar-refractivity contribution < 1.29 is 80.2 Å². The Morgan fingerprint density at radius 2 is 0.515 bits per heavy atom. The Morgan fingerprint density at radius 3 is 0.768 bits per heavy atom. The van der Waals surface area contributed by atoms with Gasteiger partial charge >= 0.3 is 39.5 Å². The molecule has 0 spiro atoms. The molecule has 0 aliphatic heterocycles. The van der Waals surface area contributed by atoms with Crippen molar-refractivity contribution in [3.63, 3.8) is 0 Å². The van der Waals surface area contributed by atoms with Gasteiger partial charge in [0, 0.05) is 25.7 Å². The molecule has 19 heteroatoms. The summed E-state index contributed by atoms with van der Waals surface area (Å²) in [6.07, 6.45) is 61.2. The quantitative estimate of drug-likeness (QED) is 0.0222. The fourth-order valence-electron chi connectivity index (χ4n) is 12.3. The van der Waals surface area contributed by atoms with Crippen LogP contribution < -0.4 is 0 Å². The smallest absolute Gasteiger partial charge is 0.462 e. The zero-order valence-corrected chi connectivity index (χ0v) is 66.6. The molecule has 17 nitrogen and oxygen atoms in total. The average Bonchev–Trinajstić information content (AvgIpc) is 0.987. The van der Waals surface area contributed by atoms with Crippen LogP contribution in [-0.2, 0) is 65.4 Å². The highest BCUT2D eigenvalue weighted by Gasteiger charge is 2.30. The monoisotopic (exact) mass is 1450 g/mol. The molecule has 0 aliphatic rings. The molecule has 3 N–H and O–H groups in total. The maximum Gasteiger partial charge on any atom is 0.472 e. The number of aliphatic hydroxyl groups is 1. The number of hydrogen-bond acceptors (Lipinski definition) is 15. The van der Waals surface area contributed by atoms with Crippen molar-refractivity contribution in [1.29, 1.82) is 0 Å². The Kier molecular flexibility index (Phi) is 70.3. The summed E-state index contributed by atoms with van der Waals surface area (Å²) < 4.78 is 68.6. The number of esters is 4. The Labute approximate surface area is 607 Å². The molecular weight excluding hydrogens is 1290 g/mol. The molecular formula is C80H156O17P2. The molecule has 0 aromatic carbocycles. The summed E-state index contributed by atoms with van der Waals surface area (Å²) in [5.74, 6) is -0.561. The number of hydrogen-bond donors (Lipinski definition) is 3. The molecule has 6 atom stereocenters. The van der Waals surface area contributed by atoms with Crippen LogP contribution in [0.15, 0.2) is 0 Å². The maximum absolute atomic E-state index is 13.1. The second-order valence-electron chi connectivity index (χ2n) is 29.5. The van der Waals surface area contributed by atoms with Gasteiger partial charge in [0.05, 0.1) is 26.4 Å². The lowest BCUT2D eigenvalue weighted by atomic mass is 9.99. The SMILES string of the molecule is CCCCCCCCCCCCCCCCCCC(=O)OC[C@H](COP(=O)(O)OC[C@@H](O)COP(=O)(O)OC[C@@H](COC(=O)CCCCCCCCC(C)C)OC(=O)CCCCCCCCCCCCCC)OC(=O)CCCCCCCCCCCCCCCCCCCCC(C)CC. The molecule has 0 aliphatic carbocycles. The van der Waals surface area contributed by atoms with Crippen LogP contribution >= 0.6 is 15.6 Å². The van der Waals surface area contributed by atoms with E-state index < -0.39 is 97.5 Å². The van der Waals surface area contributed by atoms with Crippen molar-refractivity contribution in [3.05, 3.63) is 0 Å². The second-order valence-corrected chi connectivity index (χ2v) is 32.4. The first-order chi connectivity index (χ1) is 47.9. The molecule has 0 aromatic heterocycles. The summed E-state index contributed by atoms with van der Waals surface area (Å²) in [5, 5.41) is 10.6. The van der Waals surface area contributed by atoms with Gasteiger partial charge in [0.15, 0.2) is 12.2 Å². The molecule has 0 fully saturated rings. The summed E-state index contributed by atoms with van der Waals surface area (Å²) in [4.78, 5) is 72.9. The van der Waals surface area contributed by atoms with Crippen molar-refractivity contribution in [2.24, 2.45) is 11.8 Å². The van der Waals surface area contributed by atoms with Crippen LogP contribution in [0.4, 0.5) is 0 Å². The number of ether oxygens (including phenoxy) is 4. The summed E-state index contributed by atoms with van der Waals surface area (Å²) in [7, 11) is -9.91. The van der Waals surface area contributed by atoms with Crippen LogP contribution in [0.3, 0.4) is 0 Å². The normalized spacial score (nSPS) is 14.2. The van der Waals surface area contributed by atoms with Crippen molar-refractivity contribution >= 4 is 39.5 Å². The molecule has 0 rings (SSSR count). The number of carbonyl (C=O) groups is 4. The number of rotatable bonds is 79. The predicted molar refractivity (Wildman–Crippen MR) is 405 cm³/mol. The van der Waals surface area contributed by atoms with Gasteiger partial charge in [-0.25, -0.2) is 9.13 Å². The first-order valence-electron chi connectivity index (χ1n) is 41.5. The minimum atomic E-state index is -4.96. The van der Waals surface area contributed by atoms with Crippen LogP contribution in [0.25, 0.3) is 0 Å². The fraction of sp³-hybridized carbons (Fsp3) is 0.950. The van der Waals surface area contributed by atoms with E-state index in [4.69, 9.17) is 37.0 Å². The molecule has 0 bridgehead atoms. The van der Waals surface area contributed by atoms with Crippen LogP contribution in [0.2, 0.25) is 0 Å². The van der Waals surface area contributed by atoms with Crippen molar-refractivity contribution in [2.75, 3.05) is 39.6 Å². The van der Waals surface area contributed by atoms with Gasteiger partial charge in [-0.05, 0) is 37.5 Å². The lowest BCUT2D eigenvalue weighted by Crippen LogP contribution is -2.30. The van der Waals surface area contributed by atoms with E-state index in [1.165, 1.54) is 231 Å². The highest BCUT2D eigenvalue weighted by Crippen LogP contribution is 2.45. The number of phosphoric ester groups is 2. The molecule has 0 radical (unpaired) electrons. The van der Waals surface area contributed by atoms with E-state index in [1.54, 1.807) is 0 Å². The number of carbonyl (C=O) groups excluding carboxylic acids is 4. The van der Waals surface area contributed by atoms with E-state index in [-0.39, 0.29) is 25.7 Å². The third-order valence-corrected chi connectivity index (χ3v) is 21.0. The Morgan fingerprint density at radius 1 is 0.293 bits per heavy atom. The molecule has 0 saturated heterocycles. The van der Waals surface area contributed by atoms with Gasteiger partial charge < -0.3 is 33.8 Å². The maximum atomic E-state index is 13.1. The van der Waals surface area contributed by atoms with Crippen molar-refractivity contribution in [3.8, 4) is 0 Å². The zero-order chi connectivity index (χ0) is 72.8. The molecule has 0 amide bonds. The van der Waals surface area contributed by atoms with Crippen molar-refractivity contribution in [2.45, 2.75) is 439 Å². The predicted octanol–water partition coefficient (Wildman–Crippen LogP) is 23.9. The minimum absolute atomic E-state index is 0.106. The van der Waals surface area contributed by atoms with Crippen LogP contribution in [0.5, 0.6) is 0 Å². The van der Waals surface area contributed by atoms with Gasteiger partial charge in [-0.2, -0.15) is 0 Å². The van der Waals surface area contributed by atoms with Crippen LogP contribution in [-0.4, -0.2) is 96.7 Å². The average molecular weight is 1450 g/mol. The van der Waals surface area contributed by atoms with Gasteiger partial charge in [-0.3, -0.25) is 37.3 Å². The van der Waals surface area contributed by atoms with Crippen LogP contribution in [0.1, 0.15) is 420 Å². The van der Waals surface area contributed by atoms with E-state index in [1.807, 2.05) is 0 Å². The van der Waals surface area contributed by atoms with E-state index in [0.717, 1.165) is 102 Å². The first-order valence-corrected chi connectivity index (χ1v) is 44.5. The third kappa shape index (κ3) is 72.8. The Balaban J connectivity index is 5.19. The third-order valence-electron chi connectivity index (χ3n) is 19.1. The largest absolute Gasteiger partial charge is 0.472 e. The lowest BCUT2D eigenvalue weighted by Gasteiger charge is -2.21. The van der Waals surface area contributed by atoms with E-state index in [2.05, 4.69) is 41.5 Å². The van der Waals surface area contributed by atoms with E-state index >= 15 is 0 Å². The summed E-state index contributed by atoms with van der Waals surface area (Å²) >= 11 is 0. The molecule has 0 aromatic rings. The molecule has 0 saturated carbocycles. The lowest BCUT2D eigenvalue weighted by molar-refractivity contribution is -0.161. The Hall–Kier alpha value is -1.94. The number of aliphatic hydroxyl groups excluding tert-OH is 1. The van der Waals surface area contributed by atoms with E-state index in [0.29, 0.717) is 31.6 Å². The number of phosphoric acid groups is 2.